The Kier molecular flexibility index (Phi) is 8.20. The minimum atomic E-state index is -4.56. The summed E-state index contributed by atoms with van der Waals surface area (Å²) >= 11 is 0. The number of hydrogen-bond donors (Lipinski definition) is 3. The molecule has 13 heteroatoms. The standard InChI is InChI=1S/C29H28F3N7O3/c1-17-9-12-39-26-20(3-2-13-42-14-10-23(40)36-17)16-35-27(33)24(26)25(38-39)18-4-6-19(7-5-18)28(41)37-22-15-21(8-11-34-22)29(30,31)32/h2-8,11,15-17H,9-10,12-14H2,1H3,(H2,33,35)(H,36,40)(H,34,37,41)/b3-2+/t17-/m1/s1. The van der Waals surface area contributed by atoms with E-state index in [1.807, 2.05) is 23.8 Å². The number of amides is 2. The molecule has 1 aromatic carbocycles. The number of benzene rings is 1. The summed E-state index contributed by atoms with van der Waals surface area (Å²) in [6.07, 6.45) is 2.69. The van der Waals surface area contributed by atoms with Gasteiger partial charge >= 0.3 is 6.18 Å². The van der Waals surface area contributed by atoms with E-state index < -0.39 is 17.6 Å². The number of alkyl halides is 3. The van der Waals surface area contributed by atoms with Gasteiger partial charge in [-0.2, -0.15) is 18.3 Å². The Morgan fingerprint density at radius 2 is 1.98 bits per heavy atom. The first-order chi connectivity index (χ1) is 20.1. The molecule has 1 aliphatic rings. The van der Waals surface area contributed by atoms with E-state index >= 15 is 0 Å². The van der Waals surface area contributed by atoms with Crippen LogP contribution in [0.3, 0.4) is 0 Å². The second-order valence-electron chi connectivity index (χ2n) is 9.84. The molecule has 42 heavy (non-hydrogen) atoms. The number of carbonyl (C=O) groups is 2. The molecule has 0 unspecified atom stereocenters. The maximum atomic E-state index is 13.0. The molecule has 4 heterocycles. The predicted octanol–water partition coefficient (Wildman–Crippen LogP) is 4.67. The van der Waals surface area contributed by atoms with Crippen molar-refractivity contribution < 1.29 is 27.5 Å². The van der Waals surface area contributed by atoms with Crippen LogP contribution in [0.2, 0.25) is 0 Å². The number of carbonyl (C=O) groups excluding carboxylic acids is 2. The van der Waals surface area contributed by atoms with E-state index in [0.29, 0.717) is 42.8 Å². The minimum Gasteiger partial charge on any atom is -0.383 e. The molecular formula is C29H28F3N7O3. The van der Waals surface area contributed by atoms with Gasteiger partial charge in [0.05, 0.1) is 29.7 Å². The highest BCUT2D eigenvalue weighted by Gasteiger charge is 2.31. The molecule has 4 N–H and O–H groups in total. The third-order valence-electron chi connectivity index (χ3n) is 6.74. The van der Waals surface area contributed by atoms with Gasteiger partial charge in [-0.25, -0.2) is 9.97 Å². The number of anilines is 2. The summed E-state index contributed by atoms with van der Waals surface area (Å²) in [7, 11) is 0. The van der Waals surface area contributed by atoms with Gasteiger partial charge in [0.2, 0.25) is 5.91 Å². The minimum absolute atomic E-state index is 0.0864. The van der Waals surface area contributed by atoms with Gasteiger partial charge in [0.1, 0.15) is 17.3 Å². The van der Waals surface area contributed by atoms with E-state index in [0.717, 1.165) is 29.4 Å². The van der Waals surface area contributed by atoms with Crippen molar-refractivity contribution in [1.82, 2.24) is 25.1 Å². The summed E-state index contributed by atoms with van der Waals surface area (Å²) < 4.78 is 46.5. The van der Waals surface area contributed by atoms with Crippen LogP contribution >= 0.6 is 0 Å². The Hall–Kier alpha value is -4.78. The van der Waals surface area contributed by atoms with Crippen molar-refractivity contribution in [3.8, 4) is 11.3 Å². The lowest BCUT2D eigenvalue weighted by atomic mass is 10.0. The monoisotopic (exact) mass is 579 g/mol. The number of nitrogens with zero attached hydrogens (tertiary/aromatic N) is 4. The fourth-order valence-corrected chi connectivity index (χ4v) is 4.62. The molecule has 0 radical (unpaired) electrons. The highest BCUT2D eigenvalue weighted by Crippen LogP contribution is 2.34. The molecule has 5 rings (SSSR count). The largest absolute Gasteiger partial charge is 0.416 e. The van der Waals surface area contributed by atoms with Gasteiger partial charge in [-0.1, -0.05) is 24.3 Å². The molecule has 1 aliphatic heterocycles. The summed E-state index contributed by atoms with van der Waals surface area (Å²) in [5.74, 6) is -0.640. The number of rotatable bonds is 3. The van der Waals surface area contributed by atoms with Crippen molar-refractivity contribution in [1.29, 1.82) is 0 Å². The number of aromatic nitrogens is 4. The third-order valence-corrected chi connectivity index (χ3v) is 6.74. The third kappa shape index (κ3) is 6.41. The van der Waals surface area contributed by atoms with Gasteiger partial charge in [0, 0.05) is 48.1 Å². The fraction of sp³-hybridized carbons (Fsp3) is 0.276. The second-order valence-corrected chi connectivity index (χ2v) is 9.84. The van der Waals surface area contributed by atoms with Crippen LogP contribution < -0.4 is 16.4 Å². The van der Waals surface area contributed by atoms with E-state index in [-0.39, 0.29) is 35.6 Å². The van der Waals surface area contributed by atoms with Crippen molar-refractivity contribution in [2.45, 2.75) is 38.5 Å². The zero-order chi connectivity index (χ0) is 29.9. The number of nitrogen functional groups attached to an aromatic ring is 1. The summed E-state index contributed by atoms with van der Waals surface area (Å²) in [6, 6.07) is 7.95. The zero-order valence-electron chi connectivity index (χ0n) is 22.6. The Morgan fingerprint density at radius 3 is 2.74 bits per heavy atom. The van der Waals surface area contributed by atoms with Crippen molar-refractivity contribution in [2.24, 2.45) is 0 Å². The molecule has 218 valence electrons. The van der Waals surface area contributed by atoms with Crippen LogP contribution in [0, 0.1) is 0 Å². The number of ether oxygens (including phenoxy) is 1. The molecule has 0 saturated carbocycles. The fourth-order valence-electron chi connectivity index (χ4n) is 4.62. The smallest absolute Gasteiger partial charge is 0.383 e. The second kappa shape index (κ2) is 12.0. The lowest BCUT2D eigenvalue weighted by molar-refractivity contribution is -0.137. The summed E-state index contributed by atoms with van der Waals surface area (Å²) in [4.78, 5) is 33.1. The number of hydrogen-bond acceptors (Lipinski definition) is 7. The van der Waals surface area contributed by atoms with Gasteiger partial charge in [-0.3, -0.25) is 14.3 Å². The number of nitrogens with one attached hydrogen (secondary N) is 2. The Balaban J connectivity index is 1.46. The highest BCUT2D eigenvalue weighted by molar-refractivity contribution is 6.06. The van der Waals surface area contributed by atoms with E-state index in [1.54, 1.807) is 30.5 Å². The van der Waals surface area contributed by atoms with Gasteiger partial charge in [-0.05, 0) is 37.6 Å². The summed E-state index contributed by atoms with van der Waals surface area (Å²) in [5, 5.41) is 10.9. The molecule has 2 amide bonds. The van der Waals surface area contributed by atoms with E-state index in [2.05, 4.69) is 20.6 Å². The lowest BCUT2D eigenvalue weighted by Gasteiger charge is -2.15. The van der Waals surface area contributed by atoms with Gasteiger partial charge in [0.15, 0.2) is 0 Å². The zero-order valence-corrected chi connectivity index (χ0v) is 22.6. The number of nitrogens with two attached hydrogens (primary N) is 1. The van der Waals surface area contributed by atoms with Gasteiger partial charge < -0.3 is 21.1 Å². The van der Waals surface area contributed by atoms with E-state index in [1.165, 1.54) is 0 Å². The topological polar surface area (TPSA) is 137 Å². The predicted molar refractivity (Wildman–Crippen MR) is 151 cm³/mol. The lowest BCUT2D eigenvalue weighted by Crippen LogP contribution is -2.34. The van der Waals surface area contributed by atoms with Crippen LogP contribution in [0.5, 0.6) is 0 Å². The molecule has 0 fully saturated rings. The molecule has 3 aromatic heterocycles. The first-order valence-corrected chi connectivity index (χ1v) is 13.2. The van der Waals surface area contributed by atoms with Crippen LogP contribution in [0.15, 0.2) is 54.9 Å². The molecule has 0 aliphatic carbocycles. The van der Waals surface area contributed by atoms with Crippen LogP contribution in [0.4, 0.5) is 24.8 Å². The molecule has 4 aromatic rings. The average Bonchev–Trinajstić information content (AvgIpc) is 3.35. The van der Waals surface area contributed by atoms with Crippen LogP contribution in [0.1, 0.15) is 41.3 Å². The maximum Gasteiger partial charge on any atom is 0.416 e. The number of aryl methyl sites for hydroxylation is 1. The molecule has 0 spiro atoms. The van der Waals surface area contributed by atoms with Crippen molar-refractivity contribution in [3.05, 3.63) is 71.6 Å². The normalized spacial score (nSPS) is 17.3. The van der Waals surface area contributed by atoms with E-state index in [4.69, 9.17) is 15.6 Å². The van der Waals surface area contributed by atoms with Crippen molar-refractivity contribution in [2.75, 3.05) is 24.3 Å². The average molecular weight is 580 g/mol. The molecular weight excluding hydrogens is 551 g/mol. The van der Waals surface area contributed by atoms with Crippen LogP contribution in [-0.4, -0.2) is 50.8 Å². The first-order valence-electron chi connectivity index (χ1n) is 13.2. The van der Waals surface area contributed by atoms with Crippen LogP contribution in [0.25, 0.3) is 28.2 Å². The Bertz CT molecular complexity index is 1650. The molecule has 10 nitrogen and oxygen atoms in total. The SMILES string of the molecule is C[C@@H]1CCn2nc(-c3ccc(C(=O)Nc4cc(C(F)(F)F)ccn4)cc3)c3c(N)ncc(c32)/C=C/COCCC(=O)N1. The Morgan fingerprint density at radius 1 is 1.19 bits per heavy atom. The van der Waals surface area contributed by atoms with Crippen molar-refractivity contribution >= 4 is 40.4 Å². The number of halogens is 3. The molecule has 0 bridgehead atoms. The highest BCUT2D eigenvalue weighted by atomic mass is 19.4. The summed E-state index contributed by atoms with van der Waals surface area (Å²) in [6.45, 7) is 3.04. The van der Waals surface area contributed by atoms with Gasteiger partial charge in [-0.15, -0.1) is 0 Å². The number of pyridine rings is 2. The van der Waals surface area contributed by atoms with Crippen molar-refractivity contribution in [3.63, 3.8) is 0 Å². The maximum absolute atomic E-state index is 13.0. The summed E-state index contributed by atoms with van der Waals surface area (Å²) in [5.41, 5.74) is 8.41. The van der Waals surface area contributed by atoms with Gasteiger partial charge in [0.25, 0.3) is 5.91 Å². The van der Waals surface area contributed by atoms with E-state index in [9.17, 15) is 22.8 Å². The Labute approximate surface area is 238 Å². The molecule has 1 atom stereocenters. The molecule has 0 saturated heterocycles. The van der Waals surface area contributed by atoms with Crippen LogP contribution in [-0.2, 0) is 22.3 Å². The quantitative estimate of drug-likeness (QED) is 0.321. The first kappa shape index (κ1) is 28.7.